The van der Waals surface area contributed by atoms with Crippen molar-refractivity contribution in [3.63, 3.8) is 0 Å². The zero-order valence-electron chi connectivity index (χ0n) is 16.0. The highest BCUT2D eigenvalue weighted by Gasteiger charge is 2.17. The zero-order valence-corrected chi connectivity index (χ0v) is 16.0. The second-order valence-corrected chi connectivity index (χ2v) is 6.16. The van der Waals surface area contributed by atoms with Gasteiger partial charge in [-0.05, 0) is 80.9 Å². The number of halogens is 1. The summed E-state index contributed by atoms with van der Waals surface area (Å²) in [5.74, 6) is 0.536. The molecule has 140 valence electrons. The van der Waals surface area contributed by atoms with Gasteiger partial charge in [-0.25, -0.2) is 4.39 Å². The zero-order chi connectivity index (χ0) is 19.4. The first-order valence-corrected chi connectivity index (χ1v) is 8.84. The Labute approximate surface area is 158 Å². The Kier molecular flexibility index (Phi) is 5.60. The van der Waals surface area contributed by atoms with Gasteiger partial charge in [0.25, 0.3) is 0 Å². The Hall–Kier alpha value is -3.08. The van der Waals surface area contributed by atoms with E-state index in [9.17, 15) is 4.39 Å². The average Bonchev–Trinajstić information content (AvgIpc) is 3.04. The summed E-state index contributed by atoms with van der Waals surface area (Å²) in [6, 6.07) is 16.4. The molecule has 0 spiro atoms. The number of hydrogen-bond donors (Lipinski definition) is 0. The molecule has 3 rings (SSSR count). The van der Waals surface area contributed by atoms with Crippen molar-refractivity contribution in [3.8, 4) is 22.7 Å². The first-order valence-electron chi connectivity index (χ1n) is 8.84. The van der Waals surface area contributed by atoms with Crippen molar-refractivity contribution in [2.24, 2.45) is 5.16 Å². The second kappa shape index (κ2) is 8.08. The van der Waals surface area contributed by atoms with E-state index in [0.717, 1.165) is 39.7 Å². The smallest absolute Gasteiger partial charge is 0.123 e. The fourth-order valence-corrected chi connectivity index (χ4v) is 3.08. The van der Waals surface area contributed by atoms with Crippen molar-refractivity contribution in [2.45, 2.75) is 20.8 Å². The molecule has 4 nitrogen and oxygen atoms in total. The SMILES string of the molecule is CCO/N=C(/C)c1cc(-c2ccc(F)cc2)n(-c2ccc(OC)cc2)c1C. The van der Waals surface area contributed by atoms with Gasteiger partial charge in [0.2, 0.25) is 0 Å². The number of hydrogen-bond acceptors (Lipinski definition) is 3. The molecule has 0 unspecified atom stereocenters. The fourth-order valence-electron chi connectivity index (χ4n) is 3.08. The van der Waals surface area contributed by atoms with Crippen LogP contribution in [0.25, 0.3) is 16.9 Å². The van der Waals surface area contributed by atoms with Crippen LogP contribution in [0.1, 0.15) is 25.1 Å². The van der Waals surface area contributed by atoms with Crippen molar-refractivity contribution >= 4 is 5.71 Å². The fraction of sp³-hybridized carbons (Fsp3) is 0.227. The first-order chi connectivity index (χ1) is 13.0. The van der Waals surface area contributed by atoms with Crippen molar-refractivity contribution in [1.29, 1.82) is 0 Å². The van der Waals surface area contributed by atoms with Crippen molar-refractivity contribution in [3.05, 3.63) is 71.7 Å². The van der Waals surface area contributed by atoms with E-state index < -0.39 is 0 Å². The largest absolute Gasteiger partial charge is 0.497 e. The van der Waals surface area contributed by atoms with Gasteiger partial charge < -0.3 is 14.1 Å². The minimum absolute atomic E-state index is 0.257. The molecule has 0 aliphatic carbocycles. The normalized spacial score (nSPS) is 11.5. The molecule has 0 fully saturated rings. The summed E-state index contributed by atoms with van der Waals surface area (Å²) < 4.78 is 20.8. The van der Waals surface area contributed by atoms with E-state index in [4.69, 9.17) is 9.57 Å². The summed E-state index contributed by atoms with van der Waals surface area (Å²) in [6.07, 6.45) is 0. The molecule has 5 heteroatoms. The van der Waals surface area contributed by atoms with E-state index in [-0.39, 0.29) is 5.82 Å². The molecule has 0 saturated carbocycles. The standard InChI is InChI=1S/C22H23FN2O2/c1-5-27-24-15(2)21-14-22(17-6-8-18(23)9-7-17)25(16(21)3)19-10-12-20(26-4)13-11-19/h6-14H,5H2,1-4H3/b24-15-. The van der Waals surface area contributed by atoms with Gasteiger partial charge in [-0.2, -0.15) is 0 Å². The van der Waals surface area contributed by atoms with Crippen LogP contribution < -0.4 is 4.74 Å². The van der Waals surface area contributed by atoms with Crippen molar-refractivity contribution in [2.75, 3.05) is 13.7 Å². The van der Waals surface area contributed by atoms with Crippen molar-refractivity contribution < 1.29 is 14.0 Å². The topological polar surface area (TPSA) is 35.8 Å². The van der Waals surface area contributed by atoms with Gasteiger partial charge in [-0.1, -0.05) is 5.16 Å². The molecule has 0 aliphatic heterocycles. The van der Waals surface area contributed by atoms with Gasteiger partial charge in [0, 0.05) is 16.9 Å². The molecule has 27 heavy (non-hydrogen) atoms. The summed E-state index contributed by atoms with van der Waals surface area (Å²) in [5, 5.41) is 4.18. The summed E-state index contributed by atoms with van der Waals surface area (Å²) in [7, 11) is 1.64. The van der Waals surface area contributed by atoms with Gasteiger partial charge in [0.15, 0.2) is 0 Å². The lowest BCUT2D eigenvalue weighted by molar-refractivity contribution is 0.159. The monoisotopic (exact) mass is 366 g/mol. The van der Waals surface area contributed by atoms with Crippen LogP contribution in [0, 0.1) is 12.7 Å². The lowest BCUT2D eigenvalue weighted by Crippen LogP contribution is -2.02. The Morgan fingerprint density at radius 2 is 1.74 bits per heavy atom. The van der Waals surface area contributed by atoms with Crippen molar-refractivity contribution in [1.82, 2.24) is 4.57 Å². The van der Waals surface area contributed by atoms with Crippen LogP contribution in [-0.4, -0.2) is 24.0 Å². The molecule has 0 atom stereocenters. The molecular weight excluding hydrogens is 343 g/mol. The first kappa shape index (κ1) is 18.7. The number of ether oxygens (including phenoxy) is 1. The predicted molar refractivity (Wildman–Crippen MR) is 106 cm³/mol. The second-order valence-electron chi connectivity index (χ2n) is 6.16. The molecule has 0 N–H and O–H groups in total. The molecule has 3 aromatic rings. The molecule has 1 aromatic heterocycles. The quantitative estimate of drug-likeness (QED) is 0.435. The Bertz CT molecular complexity index is 942. The van der Waals surface area contributed by atoms with Crippen LogP contribution >= 0.6 is 0 Å². The Morgan fingerprint density at radius 3 is 2.33 bits per heavy atom. The third-order valence-corrected chi connectivity index (χ3v) is 4.44. The molecule has 1 heterocycles. The maximum Gasteiger partial charge on any atom is 0.123 e. The summed E-state index contributed by atoms with van der Waals surface area (Å²) >= 11 is 0. The van der Waals surface area contributed by atoms with E-state index >= 15 is 0 Å². The number of rotatable bonds is 6. The van der Waals surface area contributed by atoms with E-state index in [1.807, 2.05) is 45.0 Å². The van der Waals surface area contributed by atoms with Crippen LogP contribution in [0.5, 0.6) is 5.75 Å². The van der Waals surface area contributed by atoms with Crippen LogP contribution in [0.3, 0.4) is 0 Å². The molecule has 0 amide bonds. The highest BCUT2D eigenvalue weighted by Crippen LogP contribution is 2.31. The Morgan fingerprint density at radius 1 is 1.07 bits per heavy atom. The molecule has 0 radical (unpaired) electrons. The summed E-state index contributed by atoms with van der Waals surface area (Å²) in [5.41, 5.74) is 5.68. The lowest BCUT2D eigenvalue weighted by atomic mass is 10.1. The van der Waals surface area contributed by atoms with Crippen LogP contribution in [0.2, 0.25) is 0 Å². The summed E-state index contributed by atoms with van der Waals surface area (Å²) in [6.45, 7) is 6.37. The highest BCUT2D eigenvalue weighted by atomic mass is 19.1. The maximum atomic E-state index is 13.4. The number of methoxy groups -OCH3 is 1. The van der Waals surface area contributed by atoms with Gasteiger partial charge in [0.05, 0.1) is 18.5 Å². The van der Waals surface area contributed by atoms with E-state index in [0.29, 0.717) is 6.61 Å². The summed E-state index contributed by atoms with van der Waals surface area (Å²) in [4.78, 5) is 5.22. The van der Waals surface area contributed by atoms with Crippen LogP contribution in [0.4, 0.5) is 4.39 Å². The number of oxime groups is 1. The van der Waals surface area contributed by atoms with Gasteiger partial charge in [-0.3, -0.25) is 0 Å². The third-order valence-electron chi connectivity index (χ3n) is 4.44. The van der Waals surface area contributed by atoms with E-state index in [2.05, 4.69) is 15.8 Å². The lowest BCUT2D eigenvalue weighted by Gasteiger charge is -2.13. The van der Waals surface area contributed by atoms with Crippen LogP contribution in [0.15, 0.2) is 59.8 Å². The molecule has 2 aromatic carbocycles. The average molecular weight is 366 g/mol. The Balaban J connectivity index is 2.18. The predicted octanol–water partition coefficient (Wildman–Crippen LogP) is 5.36. The minimum atomic E-state index is -0.257. The minimum Gasteiger partial charge on any atom is -0.497 e. The highest BCUT2D eigenvalue weighted by molar-refractivity contribution is 6.01. The van der Waals surface area contributed by atoms with Gasteiger partial charge in [0.1, 0.15) is 18.2 Å². The molecule has 0 bridgehead atoms. The van der Waals surface area contributed by atoms with E-state index in [1.165, 1.54) is 12.1 Å². The molecule has 0 aliphatic rings. The van der Waals surface area contributed by atoms with Crippen LogP contribution in [-0.2, 0) is 4.84 Å². The molecule has 0 saturated heterocycles. The van der Waals surface area contributed by atoms with E-state index in [1.54, 1.807) is 19.2 Å². The number of aromatic nitrogens is 1. The third kappa shape index (κ3) is 3.87. The molecular formula is C22H23FN2O2. The number of nitrogens with zero attached hydrogens (tertiary/aromatic N) is 2. The van der Waals surface area contributed by atoms with Gasteiger partial charge >= 0.3 is 0 Å². The maximum absolute atomic E-state index is 13.4. The number of benzene rings is 2. The van der Waals surface area contributed by atoms with Gasteiger partial charge in [-0.15, -0.1) is 0 Å².